The van der Waals surface area contributed by atoms with Crippen LogP contribution in [0.25, 0.3) is 32.3 Å². The molecular weight excluding hydrogens is 516 g/mol. The van der Waals surface area contributed by atoms with Crippen molar-refractivity contribution in [2.75, 3.05) is 0 Å². The maximum atomic E-state index is 4.62. The quantitative estimate of drug-likeness (QED) is 0.198. The Morgan fingerprint density at radius 2 is 0.619 bits per heavy atom. The molecule has 0 amide bonds. The Morgan fingerprint density at radius 3 is 0.952 bits per heavy atom. The molecule has 0 aliphatic heterocycles. The van der Waals surface area contributed by atoms with Crippen LogP contribution in [-0.4, -0.2) is 33.6 Å². The molecule has 6 heteroatoms. The Balaban J connectivity index is 1.29. The van der Waals surface area contributed by atoms with Gasteiger partial charge in [-0.1, -0.05) is 127 Å². The summed E-state index contributed by atoms with van der Waals surface area (Å²) in [5.41, 5.74) is 2.90. The molecule has 0 aliphatic carbocycles. The highest BCUT2D eigenvalue weighted by atomic mass is 15.2. The maximum Gasteiger partial charge on any atom is 0.256 e. The minimum Gasteiger partial charge on any atom is -0.219 e. The van der Waals surface area contributed by atoms with Gasteiger partial charge >= 0.3 is 0 Å². The van der Waals surface area contributed by atoms with Gasteiger partial charge in [0.05, 0.1) is 0 Å². The van der Waals surface area contributed by atoms with Crippen LogP contribution in [0.3, 0.4) is 0 Å². The van der Waals surface area contributed by atoms with Crippen LogP contribution in [0.5, 0.6) is 0 Å². The van der Waals surface area contributed by atoms with E-state index in [9.17, 15) is 0 Å². The summed E-state index contributed by atoms with van der Waals surface area (Å²) < 4.78 is 0. The van der Waals surface area contributed by atoms with Gasteiger partial charge in [0.2, 0.25) is 0 Å². The number of hydrogen-bond donors (Lipinski definition) is 0. The van der Waals surface area contributed by atoms with Crippen molar-refractivity contribution in [3.05, 3.63) is 144 Å². The van der Waals surface area contributed by atoms with E-state index in [0.717, 1.165) is 49.0 Å². The average Bonchev–Trinajstić information content (AvgIpc) is 3.05. The number of aromatic nitrogens is 3. The lowest BCUT2D eigenvalue weighted by Crippen LogP contribution is -1.92. The average molecular weight is 541 g/mol. The summed E-state index contributed by atoms with van der Waals surface area (Å²) in [5.74, 6) is 0.689. The molecule has 0 radical (unpaired) electrons. The summed E-state index contributed by atoms with van der Waals surface area (Å²) in [6.07, 6.45) is 5.32. The van der Waals surface area contributed by atoms with Crippen molar-refractivity contribution in [3.63, 3.8) is 0 Å². The smallest absolute Gasteiger partial charge is 0.219 e. The van der Waals surface area contributed by atoms with E-state index in [1.54, 1.807) is 18.6 Å². The Morgan fingerprint density at radius 1 is 0.333 bits per heavy atom. The Kier molecular flexibility index (Phi) is 6.76. The largest absolute Gasteiger partial charge is 0.256 e. The molecule has 0 atom stereocenters. The summed E-state index contributed by atoms with van der Waals surface area (Å²) in [4.78, 5) is 27.5. The molecule has 6 nitrogen and oxygen atoms in total. The van der Waals surface area contributed by atoms with Crippen molar-refractivity contribution in [1.29, 1.82) is 0 Å². The SMILES string of the molecule is C(=Nc1nc(N=Cc2cccc3ccccc23)nc(N=Cc2cccc3ccccc23)n1)c1cccc2ccccc12. The highest BCUT2D eigenvalue weighted by Crippen LogP contribution is 2.22. The van der Waals surface area contributed by atoms with Crippen molar-refractivity contribution in [2.45, 2.75) is 0 Å². The summed E-state index contributed by atoms with van der Waals surface area (Å²) >= 11 is 0. The fourth-order valence-corrected chi connectivity index (χ4v) is 4.99. The third kappa shape index (κ3) is 5.29. The van der Waals surface area contributed by atoms with Gasteiger partial charge in [-0.15, -0.1) is 0 Å². The summed E-state index contributed by atoms with van der Waals surface area (Å²) in [5, 5.41) is 6.71. The molecule has 1 heterocycles. The van der Waals surface area contributed by atoms with E-state index in [1.165, 1.54) is 0 Å². The van der Waals surface area contributed by atoms with Crippen LogP contribution < -0.4 is 0 Å². The van der Waals surface area contributed by atoms with Gasteiger partial charge in [-0.25, -0.2) is 15.0 Å². The van der Waals surface area contributed by atoms with E-state index in [-0.39, 0.29) is 17.8 Å². The number of benzene rings is 6. The van der Waals surface area contributed by atoms with Crippen LogP contribution in [0, 0.1) is 0 Å². The molecule has 198 valence electrons. The molecule has 7 aromatic rings. The predicted octanol–water partition coefficient (Wildman–Crippen LogP) is 8.58. The van der Waals surface area contributed by atoms with Gasteiger partial charge in [0.25, 0.3) is 17.8 Å². The highest BCUT2D eigenvalue weighted by Gasteiger charge is 2.06. The first-order valence-corrected chi connectivity index (χ1v) is 13.6. The zero-order valence-corrected chi connectivity index (χ0v) is 22.5. The fourth-order valence-electron chi connectivity index (χ4n) is 4.99. The van der Waals surface area contributed by atoms with Crippen molar-refractivity contribution in [2.24, 2.45) is 15.0 Å². The molecular formula is C36H24N6. The topological polar surface area (TPSA) is 75.8 Å². The van der Waals surface area contributed by atoms with Crippen LogP contribution >= 0.6 is 0 Å². The fraction of sp³-hybridized carbons (Fsp3) is 0. The third-order valence-corrected chi connectivity index (χ3v) is 7.03. The molecule has 0 spiro atoms. The number of rotatable bonds is 6. The van der Waals surface area contributed by atoms with Crippen LogP contribution in [0.1, 0.15) is 16.7 Å². The van der Waals surface area contributed by atoms with Gasteiger partial charge in [0.15, 0.2) is 0 Å². The normalized spacial score (nSPS) is 12.0. The molecule has 7 rings (SSSR count). The molecule has 0 saturated heterocycles. The van der Waals surface area contributed by atoms with Gasteiger partial charge in [-0.3, -0.25) is 0 Å². The monoisotopic (exact) mass is 540 g/mol. The Bertz CT molecular complexity index is 1890. The molecule has 6 aromatic carbocycles. The van der Waals surface area contributed by atoms with Gasteiger partial charge in [0.1, 0.15) is 0 Å². The van der Waals surface area contributed by atoms with Crippen molar-refractivity contribution in [3.8, 4) is 0 Å². The lowest BCUT2D eigenvalue weighted by Gasteiger charge is -2.03. The number of nitrogens with zero attached hydrogens (tertiary/aromatic N) is 6. The zero-order chi connectivity index (χ0) is 28.1. The van der Waals surface area contributed by atoms with E-state index >= 15 is 0 Å². The molecule has 0 saturated carbocycles. The van der Waals surface area contributed by atoms with E-state index in [2.05, 4.69) is 84.5 Å². The van der Waals surface area contributed by atoms with Gasteiger partial charge in [-0.2, -0.15) is 15.0 Å². The van der Waals surface area contributed by atoms with Crippen LogP contribution in [0.2, 0.25) is 0 Å². The van der Waals surface area contributed by atoms with Crippen molar-refractivity contribution in [1.82, 2.24) is 15.0 Å². The molecule has 1 aromatic heterocycles. The standard InChI is InChI=1S/C36H24N6/c1-4-19-31-25(10-1)13-7-16-28(31)22-37-34-40-35(38-23-29-17-8-14-26-11-2-5-20-32(26)29)42-36(41-34)39-24-30-18-9-15-27-12-3-6-21-33(27)30/h1-24H. The van der Waals surface area contributed by atoms with Crippen molar-refractivity contribution >= 4 is 68.8 Å². The van der Waals surface area contributed by atoms with E-state index in [1.807, 2.05) is 72.8 Å². The first-order valence-electron chi connectivity index (χ1n) is 13.6. The van der Waals surface area contributed by atoms with E-state index < -0.39 is 0 Å². The van der Waals surface area contributed by atoms with Crippen LogP contribution in [0.15, 0.2) is 142 Å². The van der Waals surface area contributed by atoms with Gasteiger partial charge in [-0.05, 0) is 32.3 Å². The second-order valence-corrected chi connectivity index (χ2v) is 9.72. The summed E-state index contributed by atoms with van der Waals surface area (Å²) in [6, 6.07) is 42.9. The van der Waals surface area contributed by atoms with Crippen molar-refractivity contribution < 1.29 is 0 Å². The second-order valence-electron chi connectivity index (χ2n) is 9.72. The Hall–Kier alpha value is -5.88. The third-order valence-electron chi connectivity index (χ3n) is 7.03. The molecule has 0 N–H and O–H groups in total. The minimum absolute atomic E-state index is 0.230. The lowest BCUT2D eigenvalue weighted by atomic mass is 10.1. The predicted molar refractivity (Wildman–Crippen MR) is 173 cm³/mol. The van der Waals surface area contributed by atoms with Gasteiger partial charge in [0, 0.05) is 35.3 Å². The first-order chi connectivity index (χ1) is 20.8. The van der Waals surface area contributed by atoms with Crippen LogP contribution in [0.4, 0.5) is 17.8 Å². The number of aliphatic imine (C=N–C) groups is 3. The highest BCUT2D eigenvalue weighted by molar-refractivity contribution is 6.02. The van der Waals surface area contributed by atoms with E-state index in [0.29, 0.717) is 0 Å². The molecule has 0 aliphatic rings. The lowest BCUT2D eigenvalue weighted by molar-refractivity contribution is 1.02. The molecule has 0 fully saturated rings. The minimum atomic E-state index is 0.230. The van der Waals surface area contributed by atoms with E-state index in [4.69, 9.17) is 0 Å². The zero-order valence-electron chi connectivity index (χ0n) is 22.5. The second kappa shape index (κ2) is 11.3. The van der Waals surface area contributed by atoms with Gasteiger partial charge < -0.3 is 0 Å². The molecule has 0 bridgehead atoms. The maximum absolute atomic E-state index is 4.62. The molecule has 42 heavy (non-hydrogen) atoms. The number of hydrogen-bond acceptors (Lipinski definition) is 6. The first kappa shape index (κ1) is 25.1. The Labute approximate surface area is 242 Å². The number of fused-ring (bicyclic) bond motifs is 3. The summed E-state index contributed by atoms with van der Waals surface area (Å²) in [6.45, 7) is 0. The molecule has 0 unspecified atom stereocenters. The summed E-state index contributed by atoms with van der Waals surface area (Å²) in [7, 11) is 0. The van der Waals surface area contributed by atoms with Crippen LogP contribution in [-0.2, 0) is 0 Å².